The number of rotatable bonds is 7. The zero-order valence-corrected chi connectivity index (χ0v) is 22.7. The summed E-state index contributed by atoms with van der Waals surface area (Å²) in [5.41, 5.74) is 4.60. The SMILES string of the molecule is O=C(NC1(C(=O)N2CC3C(C2)C3C(=O)O)CCN(Cc2ccccc2)C1)OCC1c2ccccc2-c2ccccc21. The molecule has 4 aliphatic rings. The Balaban J connectivity index is 1.07. The highest BCUT2D eigenvalue weighted by molar-refractivity contribution is 5.91. The zero-order valence-electron chi connectivity index (χ0n) is 22.7. The fraction of sp³-hybridized carbons (Fsp3) is 0.364. The molecule has 3 atom stereocenters. The number of aliphatic carboxylic acids is 1. The third-order valence-electron chi connectivity index (χ3n) is 9.46. The second-order valence-electron chi connectivity index (χ2n) is 11.9. The van der Waals surface area contributed by atoms with Gasteiger partial charge in [0.2, 0.25) is 5.91 Å². The monoisotopic (exact) mass is 551 g/mol. The molecular weight excluding hydrogens is 518 g/mol. The largest absolute Gasteiger partial charge is 0.481 e. The predicted octanol–water partition coefficient (Wildman–Crippen LogP) is 3.96. The van der Waals surface area contributed by atoms with E-state index in [1.807, 2.05) is 42.5 Å². The first kappa shape index (κ1) is 25.8. The van der Waals surface area contributed by atoms with E-state index in [0.29, 0.717) is 39.1 Å². The molecule has 2 heterocycles. The Kier molecular flexibility index (Phi) is 6.31. The molecule has 3 unspecified atom stereocenters. The minimum Gasteiger partial charge on any atom is -0.481 e. The lowest BCUT2D eigenvalue weighted by atomic mass is 9.96. The number of alkyl carbamates (subject to hydrolysis) is 1. The summed E-state index contributed by atoms with van der Waals surface area (Å²) in [7, 11) is 0. The van der Waals surface area contributed by atoms with E-state index in [1.54, 1.807) is 4.90 Å². The number of piperidine rings is 1. The van der Waals surface area contributed by atoms with Crippen LogP contribution in [0.15, 0.2) is 78.9 Å². The van der Waals surface area contributed by atoms with Crippen molar-refractivity contribution in [1.82, 2.24) is 15.1 Å². The number of fused-ring (bicyclic) bond motifs is 4. The first-order valence-electron chi connectivity index (χ1n) is 14.4. The van der Waals surface area contributed by atoms with Gasteiger partial charge in [0.1, 0.15) is 12.1 Å². The van der Waals surface area contributed by atoms with E-state index in [-0.39, 0.29) is 36.2 Å². The molecule has 0 spiro atoms. The van der Waals surface area contributed by atoms with Crippen LogP contribution in [-0.4, -0.2) is 71.2 Å². The molecule has 0 bridgehead atoms. The van der Waals surface area contributed by atoms with Crippen molar-refractivity contribution in [2.75, 3.05) is 32.8 Å². The Morgan fingerprint density at radius 3 is 2.12 bits per heavy atom. The highest BCUT2D eigenvalue weighted by Gasteiger charge is 2.62. The predicted molar refractivity (Wildman–Crippen MR) is 152 cm³/mol. The summed E-state index contributed by atoms with van der Waals surface area (Å²) < 4.78 is 5.85. The number of nitrogens with one attached hydrogen (secondary N) is 1. The highest BCUT2D eigenvalue weighted by Crippen LogP contribution is 2.52. The summed E-state index contributed by atoms with van der Waals surface area (Å²) in [6.45, 7) is 2.73. The van der Waals surface area contributed by atoms with Crippen molar-refractivity contribution >= 4 is 18.0 Å². The van der Waals surface area contributed by atoms with Crippen LogP contribution < -0.4 is 5.32 Å². The Morgan fingerprint density at radius 1 is 0.878 bits per heavy atom. The van der Waals surface area contributed by atoms with E-state index in [2.05, 4.69) is 46.6 Å². The number of hydrogen-bond acceptors (Lipinski definition) is 5. The molecule has 210 valence electrons. The lowest BCUT2D eigenvalue weighted by Crippen LogP contribution is -2.61. The Hall–Kier alpha value is -4.17. The van der Waals surface area contributed by atoms with Crippen LogP contribution in [0.3, 0.4) is 0 Å². The van der Waals surface area contributed by atoms with Crippen LogP contribution in [0.5, 0.6) is 0 Å². The highest BCUT2D eigenvalue weighted by atomic mass is 16.5. The van der Waals surface area contributed by atoms with Crippen molar-refractivity contribution in [3.63, 3.8) is 0 Å². The third kappa shape index (κ3) is 4.56. The number of hydrogen-bond donors (Lipinski definition) is 2. The molecule has 3 aromatic carbocycles. The van der Waals surface area contributed by atoms with Gasteiger partial charge in [0, 0.05) is 38.6 Å². The summed E-state index contributed by atoms with van der Waals surface area (Å²) in [5.74, 6) is -1.35. The van der Waals surface area contributed by atoms with Crippen LogP contribution in [-0.2, 0) is 20.9 Å². The van der Waals surface area contributed by atoms with Crippen molar-refractivity contribution in [2.24, 2.45) is 17.8 Å². The fourth-order valence-corrected chi connectivity index (χ4v) is 7.39. The van der Waals surface area contributed by atoms with Crippen molar-refractivity contribution in [1.29, 1.82) is 0 Å². The van der Waals surface area contributed by atoms with Gasteiger partial charge in [0.05, 0.1) is 5.92 Å². The molecule has 7 rings (SSSR count). The van der Waals surface area contributed by atoms with Gasteiger partial charge in [-0.15, -0.1) is 0 Å². The molecule has 8 heteroatoms. The quantitative estimate of drug-likeness (QED) is 0.461. The van der Waals surface area contributed by atoms with E-state index >= 15 is 0 Å². The molecule has 2 saturated heterocycles. The molecule has 0 aromatic heterocycles. The summed E-state index contributed by atoms with van der Waals surface area (Å²) >= 11 is 0. The lowest BCUT2D eigenvalue weighted by Gasteiger charge is -2.34. The number of carbonyl (C=O) groups excluding carboxylic acids is 2. The van der Waals surface area contributed by atoms with Gasteiger partial charge in [-0.25, -0.2) is 4.79 Å². The molecule has 3 aromatic rings. The number of nitrogens with zero attached hydrogens (tertiary/aromatic N) is 2. The average molecular weight is 552 g/mol. The molecule has 2 N–H and O–H groups in total. The van der Waals surface area contributed by atoms with Gasteiger partial charge in [-0.3, -0.25) is 14.5 Å². The van der Waals surface area contributed by atoms with Gasteiger partial charge in [-0.1, -0.05) is 78.9 Å². The van der Waals surface area contributed by atoms with E-state index < -0.39 is 17.6 Å². The van der Waals surface area contributed by atoms with Gasteiger partial charge in [0.15, 0.2) is 0 Å². The standard InChI is InChI=1S/C33H33N3O5/c37-30(38)29-26-17-36(18-27(26)29)31(39)33(14-15-35(20-33)16-21-8-2-1-3-9-21)34-32(40)41-19-28-24-12-6-4-10-22(24)23-11-5-7-13-25(23)28/h1-13,26-29H,14-20H2,(H,34,40)(H,37,38). The molecule has 0 radical (unpaired) electrons. The van der Waals surface area contributed by atoms with Crippen LogP contribution in [0.2, 0.25) is 0 Å². The molecule has 1 saturated carbocycles. The maximum absolute atomic E-state index is 14.0. The number of carboxylic acids is 1. The minimum absolute atomic E-state index is 0.00443. The van der Waals surface area contributed by atoms with Crippen molar-refractivity contribution in [2.45, 2.75) is 24.4 Å². The van der Waals surface area contributed by atoms with Crippen molar-refractivity contribution in [3.05, 3.63) is 95.6 Å². The summed E-state index contributed by atoms with van der Waals surface area (Å²) in [4.78, 5) is 42.8. The van der Waals surface area contributed by atoms with Gasteiger partial charge < -0.3 is 20.1 Å². The van der Waals surface area contributed by atoms with E-state index in [0.717, 1.165) is 27.8 Å². The average Bonchev–Trinajstić information content (AvgIpc) is 3.27. The molecule has 2 amide bonds. The maximum atomic E-state index is 14.0. The zero-order chi connectivity index (χ0) is 28.1. The van der Waals surface area contributed by atoms with E-state index in [1.165, 1.54) is 0 Å². The van der Waals surface area contributed by atoms with Crippen molar-refractivity contribution in [3.8, 4) is 11.1 Å². The number of likely N-dealkylation sites (tertiary alicyclic amines) is 2. The van der Waals surface area contributed by atoms with Crippen molar-refractivity contribution < 1.29 is 24.2 Å². The first-order chi connectivity index (χ1) is 19.9. The Bertz CT molecular complexity index is 1450. The molecule has 8 nitrogen and oxygen atoms in total. The fourth-order valence-electron chi connectivity index (χ4n) is 7.39. The minimum atomic E-state index is -1.12. The van der Waals surface area contributed by atoms with Crippen LogP contribution in [0.4, 0.5) is 4.79 Å². The topological polar surface area (TPSA) is 99.2 Å². The summed E-state index contributed by atoms with van der Waals surface area (Å²) in [5, 5.41) is 12.4. The normalized spacial score (nSPS) is 26.2. The van der Waals surface area contributed by atoms with Gasteiger partial charge in [-0.05, 0) is 46.1 Å². The first-order valence-corrected chi connectivity index (χ1v) is 14.4. The second-order valence-corrected chi connectivity index (χ2v) is 11.9. The Morgan fingerprint density at radius 2 is 1.49 bits per heavy atom. The summed E-state index contributed by atoms with van der Waals surface area (Å²) in [6.07, 6.45) is -0.133. The number of benzene rings is 3. The summed E-state index contributed by atoms with van der Waals surface area (Å²) in [6, 6.07) is 26.5. The second kappa shape index (κ2) is 10.0. The number of ether oxygens (including phenoxy) is 1. The van der Waals surface area contributed by atoms with Gasteiger partial charge in [0.25, 0.3) is 0 Å². The van der Waals surface area contributed by atoms with Crippen LogP contribution in [0.1, 0.15) is 29.0 Å². The lowest BCUT2D eigenvalue weighted by molar-refractivity contribution is -0.142. The number of carboxylic acid groups (broad SMARTS) is 1. The Labute approximate surface area is 238 Å². The molecular formula is C33H33N3O5. The molecule has 2 aliphatic carbocycles. The van der Waals surface area contributed by atoms with Crippen LogP contribution in [0, 0.1) is 17.8 Å². The van der Waals surface area contributed by atoms with E-state index in [9.17, 15) is 19.5 Å². The third-order valence-corrected chi connectivity index (χ3v) is 9.46. The van der Waals surface area contributed by atoms with Crippen LogP contribution in [0.25, 0.3) is 11.1 Å². The molecule has 3 fully saturated rings. The number of amides is 2. The van der Waals surface area contributed by atoms with E-state index in [4.69, 9.17) is 4.74 Å². The molecule has 2 aliphatic heterocycles. The van der Waals surface area contributed by atoms with Gasteiger partial charge >= 0.3 is 12.1 Å². The van der Waals surface area contributed by atoms with Gasteiger partial charge in [-0.2, -0.15) is 0 Å². The van der Waals surface area contributed by atoms with Crippen LogP contribution >= 0.6 is 0 Å². The number of carbonyl (C=O) groups is 3. The smallest absolute Gasteiger partial charge is 0.408 e. The maximum Gasteiger partial charge on any atom is 0.408 e. The molecule has 41 heavy (non-hydrogen) atoms.